The molecule has 1 aromatic rings. The number of halogens is 3. The lowest BCUT2D eigenvalue weighted by Crippen LogP contribution is -2.52. The summed E-state index contributed by atoms with van der Waals surface area (Å²) >= 11 is 17.6. The van der Waals surface area contributed by atoms with E-state index in [-0.39, 0.29) is 32.3 Å². The van der Waals surface area contributed by atoms with Crippen molar-refractivity contribution in [3.63, 3.8) is 0 Å². The topological polar surface area (TPSA) is 60.4 Å². The van der Waals surface area contributed by atoms with E-state index in [1.807, 2.05) is 0 Å². The Morgan fingerprint density at radius 3 is 2.04 bits per heavy atom. The number of hydrogen-bond donors (Lipinski definition) is 0. The second-order valence-corrected chi connectivity index (χ2v) is 7.48. The molecule has 0 aromatic heterocycles. The van der Waals surface area contributed by atoms with Crippen molar-refractivity contribution in [1.29, 1.82) is 0 Å². The number of Topliss-reactive ketones (excluding diaryl/α,β-unsaturated/α-hetero) is 1. The zero-order valence-electron chi connectivity index (χ0n) is 12.8. The van der Waals surface area contributed by atoms with Crippen LogP contribution in [-0.4, -0.2) is 17.7 Å². The van der Waals surface area contributed by atoms with Gasteiger partial charge in [0, 0.05) is 10.9 Å². The quantitative estimate of drug-likeness (QED) is 0.571. The summed E-state index contributed by atoms with van der Waals surface area (Å²) in [5.41, 5.74) is -0.650. The van der Waals surface area contributed by atoms with Gasteiger partial charge in [-0.1, -0.05) is 48.7 Å². The summed E-state index contributed by atoms with van der Waals surface area (Å²) in [6.45, 7) is 5.11. The number of carbonyl (C=O) groups is 3. The van der Waals surface area contributed by atoms with Gasteiger partial charge in [0.05, 0.1) is 21.5 Å². The maximum absolute atomic E-state index is 12.2. The first-order valence-electron chi connectivity index (χ1n) is 6.96. The van der Waals surface area contributed by atoms with Crippen LogP contribution in [0.15, 0.2) is 12.1 Å². The Kier molecular flexibility index (Phi) is 5.09. The lowest BCUT2D eigenvalue weighted by atomic mass is 9.53. The van der Waals surface area contributed by atoms with E-state index in [0.29, 0.717) is 6.42 Å². The van der Waals surface area contributed by atoms with Gasteiger partial charge in [0.15, 0.2) is 0 Å². The normalized spacial score (nSPS) is 22.2. The van der Waals surface area contributed by atoms with Crippen molar-refractivity contribution in [2.24, 2.45) is 17.3 Å². The van der Waals surface area contributed by atoms with Crippen molar-refractivity contribution in [3.05, 3.63) is 32.8 Å². The predicted octanol–water partition coefficient (Wildman–Crippen LogP) is 4.58. The Bertz CT molecular complexity index is 674. The molecule has 4 nitrogen and oxygen atoms in total. The monoisotopic (exact) mass is 376 g/mol. The van der Waals surface area contributed by atoms with E-state index in [0.717, 1.165) is 0 Å². The van der Waals surface area contributed by atoms with Crippen LogP contribution >= 0.6 is 34.8 Å². The third-order valence-corrected chi connectivity index (χ3v) is 5.26. The predicted molar refractivity (Wildman–Crippen MR) is 88.0 cm³/mol. The van der Waals surface area contributed by atoms with Gasteiger partial charge in [-0.2, -0.15) is 0 Å². The fourth-order valence-corrected chi connectivity index (χ4v) is 3.94. The van der Waals surface area contributed by atoms with E-state index >= 15 is 0 Å². The Morgan fingerprint density at radius 2 is 1.61 bits per heavy atom. The van der Waals surface area contributed by atoms with Crippen molar-refractivity contribution in [2.75, 3.05) is 0 Å². The van der Waals surface area contributed by atoms with Crippen molar-refractivity contribution in [3.8, 4) is 0 Å². The Morgan fingerprint density at radius 1 is 1.09 bits per heavy atom. The first-order chi connectivity index (χ1) is 10.6. The van der Waals surface area contributed by atoms with Crippen LogP contribution in [0.5, 0.6) is 0 Å². The van der Waals surface area contributed by atoms with Gasteiger partial charge in [0.1, 0.15) is 5.78 Å². The lowest BCUT2D eigenvalue weighted by Gasteiger charge is -2.49. The summed E-state index contributed by atoms with van der Waals surface area (Å²) in [7, 11) is 0. The highest BCUT2D eigenvalue weighted by molar-refractivity contribution is 6.42. The zero-order chi connectivity index (χ0) is 17.5. The molecule has 7 heteroatoms. The standard InChI is InChI=1S/C16H15Cl3O4/c1-7(20)9-6-10(16(9,2)3)14(21)23-15(22)13-11(18)4-8(17)5-12(13)19/h4-5,9-10H,6H2,1-3H3/t9-,10+/m1/s1. The molecule has 0 spiro atoms. The number of carbonyl (C=O) groups excluding carboxylic acids is 3. The van der Waals surface area contributed by atoms with Crippen LogP contribution in [0.4, 0.5) is 0 Å². The van der Waals surface area contributed by atoms with Gasteiger partial charge in [0.25, 0.3) is 0 Å². The van der Waals surface area contributed by atoms with Crippen LogP contribution in [0.3, 0.4) is 0 Å². The van der Waals surface area contributed by atoms with Gasteiger partial charge in [-0.05, 0) is 30.9 Å². The largest absolute Gasteiger partial charge is 0.389 e. The molecule has 0 aliphatic heterocycles. The molecule has 1 aromatic carbocycles. The molecule has 2 rings (SSSR count). The SMILES string of the molecule is CC(=O)[C@H]1C[C@@H](C(=O)OC(=O)c2c(Cl)cc(Cl)cc2Cl)C1(C)C. The first kappa shape index (κ1) is 18.2. The number of rotatable bonds is 3. The molecule has 2 atom stereocenters. The molecule has 0 amide bonds. The summed E-state index contributed by atoms with van der Waals surface area (Å²) in [5, 5.41) is 0.289. The van der Waals surface area contributed by atoms with Gasteiger partial charge >= 0.3 is 11.9 Å². The molecule has 1 fully saturated rings. The molecule has 1 aliphatic carbocycles. The number of benzene rings is 1. The third kappa shape index (κ3) is 3.39. The maximum Gasteiger partial charge on any atom is 0.348 e. The van der Waals surface area contributed by atoms with Crippen molar-refractivity contribution < 1.29 is 19.1 Å². The molecule has 0 unspecified atom stereocenters. The Balaban J connectivity index is 2.13. The Labute approximate surface area is 149 Å². The molecule has 124 valence electrons. The lowest BCUT2D eigenvalue weighted by molar-refractivity contribution is -0.162. The van der Waals surface area contributed by atoms with Crippen molar-refractivity contribution >= 4 is 52.5 Å². The average molecular weight is 378 g/mol. The Hall–Kier alpha value is -1.10. The highest BCUT2D eigenvalue weighted by atomic mass is 35.5. The third-order valence-electron chi connectivity index (χ3n) is 4.45. The van der Waals surface area contributed by atoms with E-state index in [4.69, 9.17) is 39.5 Å². The first-order valence-corrected chi connectivity index (χ1v) is 8.10. The van der Waals surface area contributed by atoms with Crippen LogP contribution in [0.1, 0.15) is 37.6 Å². The molecule has 0 heterocycles. The summed E-state index contributed by atoms with van der Waals surface area (Å²) in [4.78, 5) is 35.9. The molecule has 0 radical (unpaired) electrons. The maximum atomic E-state index is 12.2. The molecule has 1 saturated carbocycles. The number of hydrogen-bond acceptors (Lipinski definition) is 4. The van der Waals surface area contributed by atoms with E-state index in [1.165, 1.54) is 19.1 Å². The van der Waals surface area contributed by atoms with E-state index in [9.17, 15) is 14.4 Å². The molecule has 23 heavy (non-hydrogen) atoms. The minimum atomic E-state index is -0.927. The second-order valence-electron chi connectivity index (χ2n) is 6.23. The molecule has 0 saturated heterocycles. The van der Waals surface area contributed by atoms with Crippen LogP contribution in [-0.2, 0) is 14.3 Å². The van der Waals surface area contributed by atoms with Gasteiger partial charge in [-0.25, -0.2) is 4.79 Å². The number of esters is 2. The minimum Gasteiger partial charge on any atom is -0.389 e. The summed E-state index contributed by atoms with van der Waals surface area (Å²) in [5.74, 6) is -2.32. The van der Waals surface area contributed by atoms with Gasteiger partial charge in [-0.15, -0.1) is 0 Å². The van der Waals surface area contributed by atoms with Crippen LogP contribution in [0, 0.1) is 17.3 Å². The molecule has 1 aliphatic rings. The van der Waals surface area contributed by atoms with E-state index < -0.39 is 23.3 Å². The van der Waals surface area contributed by atoms with Crippen LogP contribution in [0.25, 0.3) is 0 Å². The molecule has 0 bridgehead atoms. The molecule has 0 N–H and O–H groups in total. The van der Waals surface area contributed by atoms with E-state index in [1.54, 1.807) is 13.8 Å². The summed E-state index contributed by atoms with van der Waals surface area (Å²) in [6.07, 6.45) is 0.372. The fourth-order valence-electron chi connectivity index (χ4n) is 2.97. The second kappa shape index (κ2) is 6.42. The summed E-state index contributed by atoms with van der Waals surface area (Å²) < 4.78 is 4.90. The molecular formula is C16H15Cl3O4. The van der Waals surface area contributed by atoms with Gasteiger partial charge in [-0.3, -0.25) is 9.59 Å². The number of ketones is 1. The fraction of sp³-hybridized carbons (Fsp3) is 0.438. The van der Waals surface area contributed by atoms with Crippen LogP contribution < -0.4 is 0 Å². The van der Waals surface area contributed by atoms with Crippen LogP contribution in [0.2, 0.25) is 15.1 Å². The van der Waals surface area contributed by atoms with Crippen molar-refractivity contribution in [2.45, 2.75) is 27.2 Å². The van der Waals surface area contributed by atoms with Crippen molar-refractivity contribution in [1.82, 2.24) is 0 Å². The summed E-state index contributed by atoms with van der Waals surface area (Å²) in [6, 6.07) is 2.68. The highest BCUT2D eigenvalue weighted by Gasteiger charge is 2.54. The average Bonchev–Trinajstić information content (AvgIpc) is 2.35. The van der Waals surface area contributed by atoms with Gasteiger partial charge in [0.2, 0.25) is 0 Å². The van der Waals surface area contributed by atoms with Gasteiger partial charge < -0.3 is 4.74 Å². The number of ether oxygens (including phenoxy) is 1. The van der Waals surface area contributed by atoms with E-state index in [2.05, 4.69) is 0 Å². The molecular weight excluding hydrogens is 363 g/mol. The zero-order valence-corrected chi connectivity index (χ0v) is 15.1. The minimum absolute atomic E-state index is 0.00906. The smallest absolute Gasteiger partial charge is 0.348 e. The highest BCUT2D eigenvalue weighted by Crippen LogP contribution is 2.52.